The Kier molecular flexibility index (Phi) is 4.77. The maximum Gasteiger partial charge on any atom is 0.136 e. The Morgan fingerprint density at radius 2 is 2.11 bits per heavy atom. The molecule has 0 spiro atoms. The first-order valence-electron chi connectivity index (χ1n) is 6.52. The van der Waals surface area contributed by atoms with Crippen molar-refractivity contribution in [1.29, 1.82) is 0 Å². The van der Waals surface area contributed by atoms with E-state index in [-0.39, 0.29) is 0 Å². The molecule has 1 unspecified atom stereocenters. The molecule has 102 valence electrons. The Morgan fingerprint density at radius 1 is 1.32 bits per heavy atom. The minimum absolute atomic E-state index is 0.583. The van der Waals surface area contributed by atoms with E-state index >= 15 is 0 Å². The monoisotopic (exact) mass is 321 g/mol. The van der Waals surface area contributed by atoms with Gasteiger partial charge >= 0.3 is 0 Å². The van der Waals surface area contributed by atoms with E-state index in [4.69, 9.17) is 0 Å². The molecule has 3 nitrogen and oxygen atoms in total. The lowest BCUT2D eigenvalue weighted by Crippen LogP contribution is -2.30. The number of rotatable bonds is 5. The highest BCUT2D eigenvalue weighted by atomic mass is 79.9. The van der Waals surface area contributed by atoms with E-state index in [1.54, 1.807) is 0 Å². The Hall–Kier alpha value is -1.13. The summed E-state index contributed by atoms with van der Waals surface area (Å²) in [4.78, 5) is 6.78. The first-order chi connectivity index (χ1) is 9.13. The number of hydrogen-bond donors (Lipinski definition) is 1. The Balaban J connectivity index is 2.32. The summed E-state index contributed by atoms with van der Waals surface area (Å²) >= 11 is 3.60. The van der Waals surface area contributed by atoms with E-state index in [9.17, 15) is 0 Å². The van der Waals surface area contributed by atoms with Gasteiger partial charge in [-0.05, 0) is 31.6 Å². The summed E-state index contributed by atoms with van der Waals surface area (Å²) in [5, 5.41) is 5.62. The standard InChI is InChI=1S/C15H20BrN3/c1-11(9-17-2)10-19(3)15-13-5-4-6-14(16)12(13)7-8-18-15/h4-8,11,17H,9-10H2,1-3H3. The van der Waals surface area contributed by atoms with Gasteiger partial charge in [-0.2, -0.15) is 0 Å². The third-order valence-electron chi connectivity index (χ3n) is 3.23. The van der Waals surface area contributed by atoms with Crippen LogP contribution in [0.2, 0.25) is 0 Å². The van der Waals surface area contributed by atoms with Crippen LogP contribution in [0.3, 0.4) is 0 Å². The molecule has 1 aromatic carbocycles. The van der Waals surface area contributed by atoms with E-state index in [1.807, 2.05) is 19.3 Å². The molecule has 0 aliphatic rings. The molecule has 2 aromatic rings. The molecule has 19 heavy (non-hydrogen) atoms. The molecule has 0 amide bonds. The Morgan fingerprint density at radius 3 is 2.84 bits per heavy atom. The van der Waals surface area contributed by atoms with Gasteiger partial charge in [-0.3, -0.25) is 0 Å². The van der Waals surface area contributed by atoms with Crippen LogP contribution in [0.15, 0.2) is 34.9 Å². The van der Waals surface area contributed by atoms with Gasteiger partial charge in [0, 0.05) is 35.0 Å². The predicted molar refractivity (Wildman–Crippen MR) is 85.8 cm³/mol. The lowest BCUT2D eigenvalue weighted by molar-refractivity contribution is 0.541. The van der Waals surface area contributed by atoms with Crippen molar-refractivity contribution in [3.8, 4) is 0 Å². The van der Waals surface area contributed by atoms with Crippen molar-refractivity contribution < 1.29 is 0 Å². The van der Waals surface area contributed by atoms with Crippen molar-refractivity contribution in [3.63, 3.8) is 0 Å². The normalized spacial score (nSPS) is 12.6. The first-order valence-corrected chi connectivity index (χ1v) is 7.31. The minimum Gasteiger partial charge on any atom is -0.359 e. The second-order valence-electron chi connectivity index (χ2n) is 5.01. The molecule has 0 saturated heterocycles. The van der Waals surface area contributed by atoms with Crippen LogP contribution >= 0.6 is 15.9 Å². The molecule has 0 fully saturated rings. The highest BCUT2D eigenvalue weighted by Crippen LogP contribution is 2.29. The molecule has 0 aliphatic carbocycles. The van der Waals surface area contributed by atoms with Crippen LogP contribution in [0.1, 0.15) is 6.92 Å². The number of nitrogens with one attached hydrogen (secondary N) is 1. The summed E-state index contributed by atoms with van der Waals surface area (Å²) in [6.45, 7) is 4.24. The Labute approximate surface area is 123 Å². The number of fused-ring (bicyclic) bond motifs is 1. The van der Waals surface area contributed by atoms with Gasteiger partial charge < -0.3 is 10.2 Å². The minimum atomic E-state index is 0.583. The summed E-state index contributed by atoms with van der Waals surface area (Å²) in [5.41, 5.74) is 0. The van der Waals surface area contributed by atoms with E-state index in [1.165, 1.54) is 10.8 Å². The molecule has 4 heteroatoms. The quantitative estimate of drug-likeness (QED) is 0.916. The summed E-state index contributed by atoms with van der Waals surface area (Å²) in [6, 6.07) is 8.30. The van der Waals surface area contributed by atoms with Gasteiger partial charge in [0.2, 0.25) is 0 Å². The molecule has 1 aromatic heterocycles. The van der Waals surface area contributed by atoms with Crippen molar-refractivity contribution in [1.82, 2.24) is 10.3 Å². The van der Waals surface area contributed by atoms with Gasteiger partial charge in [-0.15, -0.1) is 0 Å². The number of halogens is 1. The zero-order valence-electron chi connectivity index (χ0n) is 11.7. The number of benzene rings is 1. The van der Waals surface area contributed by atoms with Crippen LogP contribution in [0.25, 0.3) is 10.8 Å². The fraction of sp³-hybridized carbons (Fsp3) is 0.400. The van der Waals surface area contributed by atoms with E-state index in [0.717, 1.165) is 23.4 Å². The summed E-state index contributed by atoms with van der Waals surface area (Å²) in [7, 11) is 4.10. The van der Waals surface area contributed by atoms with Crippen molar-refractivity contribution >= 4 is 32.5 Å². The van der Waals surface area contributed by atoms with Gasteiger partial charge in [0.25, 0.3) is 0 Å². The average Bonchev–Trinajstić information content (AvgIpc) is 2.38. The average molecular weight is 322 g/mol. The van der Waals surface area contributed by atoms with E-state index in [0.29, 0.717) is 5.92 Å². The van der Waals surface area contributed by atoms with E-state index in [2.05, 4.69) is 63.3 Å². The molecule has 0 radical (unpaired) electrons. The number of anilines is 1. The fourth-order valence-electron chi connectivity index (χ4n) is 2.42. The van der Waals surface area contributed by atoms with Crippen molar-refractivity contribution in [2.24, 2.45) is 5.92 Å². The van der Waals surface area contributed by atoms with Gasteiger partial charge in [-0.25, -0.2) is 4.98 Å². The third kappa shape index (κ3) is 3.25. The predicted octanol–water partition coefficient (Wildman–Crippen LogP) is 3.29. The molecule has 1 atom stereocenters. The van der Waals surface area contributed by atoms with Crippen LogP contribution in [0.5, 0.6) is 0 Å². The largest absolute Gasteiger partial charge is 0.359 e. The maximum absolute atomic E-state index is 4.55. The number of aromatic nitrogens is 1. The second kappa shape index (κ2) is 6.35. The molecule has 1 N–H and O–H groups in total. The molecule has 1 heterocycles. The number of pyridine rings is 1. The van der Waals surface area contributed by atoms with Crippen LogP contribution in [-0.4, -0.2) is 32.2 Å². The topological polar surface area (TPSA) is 28.2 Å². The highest BCUT2D eigenvalue weighted by molar-refractivity contribution is 9.10. The fourth-order valence-corrected chi connectivity index (χ4v) is 2.92. The van der Waals surface area contributed by atoms with Gasteiger partial charge in [0.1, 0.15) is 5.82 Å². The van der Waals surface area contributed by atoms with Crippen LogP contribution in [0, 0.1) is 5.92 Å². The zero-order chi connectivity index (χ0) is 13.8. The molecular formula is C15H20BrN3. The summed E-state index contributed by atoms with van der Waals surface area (Å²) in [6.07, 6.45) is 1.88. The number of nitrogens with zero attached hydrogens (tertiary/aromatic N) is 2. The number of hydrogen-bond acceptors (Lipinski definition) is 3. The van der Waals surface area contributed by atoms with Crippen molar-refractivity contribution in [2.45, 2.75) is 6.92 Å². The molecule has 0 saturated carbocycles. The van der Waals surface area contributed by atoms with Gasteiger partial charge in [0.05, 0.1) is 0 Å². The zero-order valence-corrected chi connectivity index (χ0v) is 13.2. The second-order valence-corrected chi connectivity index (χ2v) is 5.87. The molecular weight excluding hydrogens is 302 g/mol. The van der Waals surface area contributed by atoms with E-state index < -0.39 is 0 Å². The van der Waals surface area contributed by atoms with Crippen LogP contribution < -0.4 is 10.2 Å². The molecule has 0 aliphatic heterocycles. The smallest absolute Gasteiger partial charge is 0.136 e. The van der Waals surface area contributed by atoms with Crippen LogP contribution in [0.4, 0.5) is 5.82 Å². The third-order valence-corrected chi connectivity index (χ3v) is 3.92. The SMILES string of the molecule is CNCC(C)CN(C)c1nccc2c(Br)cccc12. The molecule has 0 bridgehead atoms. The first kappa shape index (κ1) is 14.3. The lowest BCUT2D eigenvalue weighted by Gasteiger charge is -2.23. The van der Waals surface area contributed by atoms with Gasteiger partial charge in [-0.1, -0.05) is 35.0 Å². The summed E-state index contributed by atoms with van der Waals surface area (Å²) < 4.78 is 1.12. The van der Waals surface area contributed by atoms with Crippen molar-refractivity contribution in [2.75, 3.05) is 32.1 Å². The molecule has 2 rings (SSSR count). The van der Waals surface area contributed by atoms with Crippen molar-refractivity contribution in [3.05, 3.63) is 34.9 Å². The highest BCUT2D eigenvalue weighted by Gasteiger charge is 2.11. The summed E-state index contributed by atoms with van der Waals surface area (Å²) in [5.74, 6) is 1.63. The lowest BCUT2D eigenvalue weighted by atomic mass is 10.1. The Bertz CT molecular complexity index is 556. The maximum atomic E-state index is 4.55. The van der Waals surface area contributed by atoms with Gasteiger partial charge in [0.15, 0.2) is 0 Å². The van der Waals surface area contributed by atoms with Crippen LogP contribution in [-0.2, 0) is 0 Å².